The summed E-state index contributed by atoms with van der Waals surface area (Å²) in [5.74, 6) is -0.225. The lowest BCUT2D eigenvalue weighted by Gasteiger charge is -2.05. The van der Waals surface area contributed by atoms with Crippen molar-refractivity contribution >= 4 is 11.6 Å². The highest BCUT2D eigenvalue weighted by molar-refractivity contribution is 6.13. The Morgan fingerprint density at radius 3 is 2.56 bits per heavy atom. The molecule has 0 saturated heterocycles. The van der Waals surface area contributed by atoms with Crippen LogP contribution < -0.4 is 0 Å². The first-order valence-corrected chi connectivity index (χ1v) is 5.75. The molecule has 18 heavy (non-hydrogen) atoms. The smallest absolute Gasteiger partial charge is 0.205 e. The Bertz CT molecular complexity index is 580. The van der Waals surface area contributed by atoms with Crippen LogP contribution in [0.2, 0.25) is 0 Å². The van der Waals surface area contributed by atoms with E-state index in [1.54, 1.807) is 12.1 Å². The molecule has 0 unspecified atom stereocenters. The van der Waals surface area contributed by atoms with Crippen molar-refractivity contribution in [1.82, 2.24) is 0 Å². The molecule has 0 N–H and O–H groups in total. The molecule has 0 radical (unpaired) electrons. The van der Waals surface area contributed by atoms with Crippen LogP contribution >= 0.6 is 0 Å². The predicted molar refractivity (Wildman–Crippen MR) is 67.9 cm³/mol. The predicted octanol–water partition coefficient (Wildman–Crippen LogP) is 3.35. The summed E-state index contributed by atoms with van der Waals surface area (Å²) in [6.45, 7) is 3.79. The van der Waals surface area contributed by atoms with E-state index in [1.165, 1.54) is 6.26 Å². The highest BCUT2D eigenvalue weighted by Crippen LogP contribution is 2.15. The minimum atomic E-state index is -0.286. The maximum atomic E-state index is 12.1. The van der Waals surface area contributed by atoms with Gasteiger partial charge in [0.05, 0.1) is 12.7 Å². The molecular weight excluding hydrogens is 228 g/mol. The first-order valence-electron chi connectivity index (χ1n) is 5.75. The van der Waals surface area contributed by atoms with Crippen LogP contribution in [0.25, 0.3) is 0 Å². The first kappa shape index (κ1) is 12.3. The lowest BCUT2D eigenvalue weighted by atomic mass is 9.98. The van der Waals surface area contributed by atoms with E-state index in [0.29, 0.717) is 5.56 Å². The molecule has 92 valence electrons. The Balaban J connectivity index is 2.17. The molecule has 3 heteroatoms. The third-order valence-electron chi connectivity index (χ3n) is 2.81. The molecule has 0 aliphatic heterocycles. The molecular formula is C15H14O3. The molecule has 2 aromatic rings. The number of hydrogen-bond donors (Lipinski definition) is 0. The van der Waals surface area contributed by atoms with Crippen molar-refractivity contribution in [1.29, 1.82) is 0 Å². The molecule has 2 rings (SSSR count). The zero-order chi connectivity index (χ0) is 13.1. The van der Waals surface area contributed by atoms with Crippen molar-refractivity contribution in [3.63, 3.8) is 0 Å². The van der Waals surface area contributed by atoms with Crippen LogP contribution in [0.4, 0.5) is 0 Å². The molecule has 1 heterocycles. The zero-order valence-corrected chi connectivity index (χ0v) is 10.4. The number of carbonyl (C=O) groups is 2. The van der Waals surface area contributed by atoms with Gasteiger partial charge in [0, 0.05) is 5.56 Å². The summed E-state index contributed by atoms with van der Waals surface area (Å²) in [5, 5.41) is 0. The van der Waals surface area contributed by atoms with Gasteiger partial charge in [0.25, 0.3) is 0 Å². The van der Waals surface area contributed by atoms with Crippen LogP contribution in [-0.2, 0) is 0 Å². The van der Waals surface area contributed by atoms with Crippen LogP contribution in [0, 0.1) is 13.8 Å². The van der Waals surface area contributed by atoms with Gasteiger partial charge >= 0.3 is 0 Å². The van der Waals surface area contributed by atoms with Gasteiger partial charge in [-0.3, -0.25) is 9.59 Å². The third-order valence-corrected chi connectivity index (χ3v) is 2.81. The van der Waals surface area contributed by atoms with Crippen LogP contribution in [-0.4, -0.2) is 11.6 Å². The average Bonchev–Trinajstić information content (AvgIpc) is 2.85. The second kappa shape index (κ2) is 5.00. The van der Waals surface area contributed by atoms with Gasteiger partial charge in [-0.05, 0) is 37.6 Å². The number of benzene rings is 1. The van der Waals surface area contributed by atoms with E-state index in [9.17, 15) is 9.59 Å². The Kier molecular flexibility index (Phi) is 3.42. The number of Topliss-reactive ketones (excluding diaryl/α,β-unsaturated/α-hetero) is 2. The summed E-state index contributed by atoms with van der Waals surface area (Å²) in [7, 11) is 0. The van der Waals surface area contributed by atoms with E-state index in [1.807, 2.05) is 32.0 Å². The van der Waals surface area contributed by atoms with E-state index in [2.05, 4.69) is 0 Å². The normalized spacial score (nSPS) is 10.3. The summed E-state index contributed by atoms with van der Waals surface area (Å²) in [6.07, 6.45) is 1.27. The van der Waals surface area contributed by atoms with Crippen molar-refractivity contribution in [2.75, 3.05) is 0 Å². The van der Waals surface area contributed by atoms with Crippen molar-refractivity contribution in [3.05, 3.63) is 59.0 Å². The number of rotatable bonds is 4. The van der Waals surface area contributed by atoms with Gasteiger partial charge in [-0.2, -0.15) is 0 Å². The average molecular weight is 242 g/mol. The van der Waals surface area contributed by atoms with Crippen LogP contribution in [0.15, 0.2) is 41.0 Å². The quantitative estimate of drug-likeness (QED) is 0.610. The van der Waals surface area contributed by atoms with Crippen molar-refractivity contribution in [3.8, 4) is 0 Å². The number of hydrogen-bond acceptors (Lipinski definition) is 3. The van der Waals surface area contributed by atoms with E-state index in [4.69, 9.17) is 4.42 Å². The monoisotopic (exact) mass is 242 g/mol. The van der Waals surface area contributed by atoms with Gasteiger partial charge in [-0.1, -0.05) is 17.7 Å². The summed E-state index contributed by atoms with van der Waals surface area (Å²) < 4.78 is 4.98. The lowest BCUT2D eigenvalue weighted by Crippen LogP contribution is -2.09. The molecule has 0 fully saturated rings. The van der Waals surface area contributed by atoms with Gasteiger partial charge in [0.2, 0.25) is 5.78 Å². The molecule has 0 amide bonds. The minimum Gasteiger partial charge on any atom is -0.461 e. The standard InChI is InChI=1S/C15H14O3/c1-10-5-6-11(2)12(8-10)13(16)9-14(17)15-4-3-7-18-15/h3-8H,9H2,1-2H3. The highest BCUT2D eigenvalue weighted by atomic mass is 16.3. The maximum absolute atomic E-state index is 12.1. The van der Waals surface area contributed by atoms with Gasteiger partial charge < -0.3 is 4.42 Å². The summed E-state index contributed by atoms with van der Waals surface area (Å²) in [6, 6.07) is 8.85. The SMILES string of the molecule is Cc1ccc(C)c(C(=O)CC(=O)c2ccco2)c1. The van der Waals surface area contributed by atoms with Gasteiger partial charge in [0.1, 0.15) is 0 Å². The second-order valence-corrected chi connectivity index (χ2v) is 4.32. The topological polar surface area (TPSA) is 47.3 Å². The zero-order valence-electron chi connectivity index (χ0n) is 10.4. The number of carbonyl (C=O) groups excluding carboxylic acids is 2. The Morgan fingerprint density at radius 2 is 1.89 bits per heavy atom. The van der Waals surface area contributed by atoms with Crippen molar-refractivity contribution < 1.29 is 14.0 Å². The third kappa shape index (κ3) is 2.56. The summed E-state index contributed by atoms with van der Waals surface area (Å²) in [4.78, 5) is 23.8. The molecule has 0 aliphatic rings. The molecule has 1 aromatic carbocycles. The fourth-order valence-corrected chi connectivity index (χ4v) is 1.80. The Morgan fingerprint density at radius 1 is 1.11 bits per heavy atom. The molecule has 1 aromatic heterocycles. The molecule has 0 atom stereocenters. The maximum Gasteiger partial charge on any atom is 0.205 e. The minimum absolute atomic E-state index is 0.155. The number of aryl methyl sites for hydroxylation is 2. The van der Waals surface area contributed by atoms with Crippen LogP contribution in [0.1, 0.15) is 38.5 Å². The lowest BCUT2D eigenvalue weighted by molar-refractivity contribution is 0.0878. The van der Waals surface area contributed by atoms with Gasteiger partial charge in [0.15, 0.2) is 11.5 Å². The molecule has 0 aliphatic carbocycles. The van der Waals surface area contributed by atoms with Gasteiger partial charge in [-0.25, -0.2) is 0 Å². The largest absolute Gasteiger partial charge is 0.461 e. The van der Waals surface area contributed by atoms with Gasteiger partial charge in [-0.15, -0.1) is 0 Å². The Hall–Kier alpha value is -2.16. The molecule has 0 spiro atoms. The number of ketones is 2. The fourth-order valence-electron chi connectivity index (χ4n) is 1.80. The van der Waals surface area contributed by atoms with E-state index in [-0.39, 0.29) is 23.7 Å². The highest BCUT2D eigenvalue weighted by Gasteiger charge is 2.17. The fraction of sp³-hybridized carbons (Fsp3) is 0.200. The molecule has 0 saturated carbocycles. The van der Waals surface area contributed by atoms with E-state index in [0.717, 1.165) is 11.1 Å². The van der Waals surface area contributed by atoms with E-state index >= 15 is 0 Å². The summed E-state index contributed by atoms with van der Waals surface area (Å²) >= 11 is 0. The van der Waals surface area contributed by atoms with E-state index < -0.39 is 0 Å². The van der Waals surface area contributed by atoms with Crippen LogP contribution in [0.3, 0.4) is 0 Å². The van der Waals surface area contributed by atoms with Crippen molar-refractivity contribution in [2.45, 2.75) is 20.3 Å². The Labute approximate surface area is 105 Å². The molecule has 3 nitrogen and oxygen atoms in total. The number of furan rings is 1. The van der Waals surface area contributed by atoms with Crippen LogP contribution in [0.5, 0.6) is 0 Å². The van der Waals surface area contributed by atoms with Crippen molar-refractivity contribution in [2.24, 2.45) is 0 Å². The second-order valence-electron chi connectivity index (χ2n) is 4.32. The first-order chi connectivity index (χ1) is 8.58. The molecule has 0 bridgehead atoms. The summed E-state index contributed by atoms with van der Waals surface area (Å²) in [5.41, 5.74) is 2.50.